The molecule has 1 atom stereocenters. The van der Waals surface area contributed by atoms with Gasteiger partial charge in [0, 0.05) is 50.5 Å². The van der Waals surface area contributed by atoms with Crippen LogP contribution in [-0.2, 0) is 35.4 Å². The number of imidazole rings is 1. The van der Waals surface area contributed by atoms with Crippen LogP contribution in [0.2, 0.25) is 0 Å². The highest BCUT2D eigenvalue weighted by Gasteiger charge is 2.42. The van der Waals surface area contributed by atoms with E-state index < -0.39 is 27.5 Å². The summed E-state index contributed by atoms with van der Waals surface area (Å²) in [7, 11) is -2.56. The average Bonchev–Trinajstić information content (AvgIpc) is 3.23. The van der Waals surface area contributed by atoms with Gasteiger partial charge in [-0.05, 0) is 12.8 Å². The number of aromatic nitrogens is 2. The fourth-order valence-corrected chi connectivity index (χ4v) is 5.74. The molecule has 0 aliphatic carbocycles. The Morgan fingerprint density at radius 1 is 1.30 bits per heavy atom. The molecule has 2 fully saturated rings. The number of aliphatic carboxylic acids is 1. The number of halogens is 3. The minimum atomic E-state index is -5.08. The van der Waals surface area contributed by atoms with Crippen LogP contribution in [-0.4, -0.2) is 84.5 Å². The summed E-state index contributed by atoms with van der Waals surface area (Å²) in [6.07, 6.45) is 1.12. The summed E-state index contributed by atoms with van der Waals surface area (Å²) in [5, 5.41) is 7.12. The Morgan fingerprint density at radius 3 is 2.39 bits per heavy atom. The molecule has 10 nitrogen and oxygen atoms in total. The molecular formula is C19H27F3N4O6S. The molecule has 3 heterocycles. The highest BCUT2D eigenvalue weighted by molar-refractivity contribution is 7.93. The van der Waals surface area contributed by atoms with Crippen LogP contribution in [0.4, 0.5) is 13.2 Å². The lowest BCUT2D eigenvalue weighted by Gasteiger charge is -2.45. The standard InChI is InChI=1S/C17H26N4O4S.C2HF3O2/c1-14(11-20-6-5-18-13-20)16(23)19-26(24)9-3-17(4-10-26)12-21(15(2)22)7-8-25-17;3-2(4,5)1(6)7/h5-6,13-14H,3-4,7-12H2,1-2H3;(H,6,7). The summed E-state index contributed by atoms with van der Waals surface area (Å²) in [5.41, 5.74) is -0.439. The van der Waals surface area contributed by atoms with E-state index in [9.17, 15) is 27.0 Å². The van der Waals surface area contributed by atoms with Crippen molar-refractivity contribution in [2.45, 2.75) is 45.0 Å². The number of hydrogen-bond donors (Lipinski definition) is 1. The Labute approximate surface area is 189 Å². The number of nitrogens with zero attached hydrogens (tertiary/aromatic N) is 4. The molecule has 14 heteroatoms. The summed E-state index contributed by atoms with van der Waals surface area (Å²) in [4.78, 5) is 38.7. The second-order valence-corrected chi connectivity index (χ2v) is 10.6. The number of amides is 2. The van der Waals surface area contributed by atoms with Crippen molar-refractivity contribution in [3.05, 3.63) is 18.7 Å². The number of rotatable bonds is 3. The topological polar surface area (TPSA) is 131 Å². The van der Waals surface area contributed by atoms with Gasteiger partial charge in [-0.3, -0.25) is 9.59 Å². The first-order valence-electron chi connectivity index (χ1n) is 10.2. The molecule has 0 radical (unpaired) electrons. The molecule has 2 aliphatic heterocycles. The summed E-state index contributed by atoms with van der Waals surface area (Å²) < 4.78 is 56.6. The fourth-order valence-electron chi connectivity index (χ4n) is 3.47. The zero-order valence-corrected chi connectivity index (χ0v) is 19.1. The van der Waals surface area contributed by atoms with Crippen LogP contribution in [0.1, 0.15) is 26.7 Å². The van der Waals surface area contributed by atoms with Crippen molar-refractivity contribution >= 4 is 27.5 Å². The third kappa shape index (κ3) is 7.81. The van der Waals surface area contributed by atoms with Gasteiger partial charge in [-0.15, -0.1) is 0 Å². The van der Waals surface area contributed by atoms with Gasteiger partial charge in [0.15, 0.2) is 0 Å². The minimum absolute atomic E-state index is 0.0344. The number of hydrogen-bond acceptors (Lipinski definition) is 6. The molecule has 33 heavy (non-hydrogen) atoms. The molecule has 0 aromatic carbocycles. The lowest BCUT2D eigenvalue weighted by molar-refractivity contribution is -0.192. The highest BCUT2D eigenvalue weighted by atomic mass is 32.2. The summed E-state index contributed by atoms with van der Waals surface area (Å²) in [5.74, 6) is -2.73. The number of alkyl halides is 3. The van der Waals surface area contributed by atoms with Crippen molar-refractivity contribution in [3.63, 3.8) is 0 Å². The lowest BCUT2D eigenvalue weighted by Crippen LogP contribution is -2.56. The summed E-state index contributed by atoms with van der Waals surface area (Å²) in [6.45, 7) is 5.44. The average molecular weight is 497 g/mol. The van der Waals surface area contributed by atoms with Gasteiger partial charge >= 0.3 is 12.1 Å². The Balaban J connectivity index is 0.000000479. The number of morpholine rings is 1. The van der Waals surface area contributed by atoms with E-state index in [0.717, 1.165) is 0 Å². The van der Waals surface area contributed by atoms with Crippen molar-refractivity contribution in [3.8, 4) is 0 Å². The van der Waals surface area contributed by atoms with E-state index in [2.05, 4.69) is 9.35 Å². The first-order valence-corrected chi connectivity index (χ1v) is 12.0. The molecule has 1 unspecified atom stereocenters. The van der Waals surface area contributed by atoms with Gasteiger partial charge < -0.3 is 19.3 Å². The molecule has 1 aromatic heterocycles. The molecule has 1 N–H and O–H groups in total. The van der Waals surface area contributed by atoms with Gasteiger partial charge in [0.05, 0.1) is 34.2 Å². The SMILES string of the molecule is CC(=O)N1CCOC2(CCS(=O)(=NC(=O)C(C)Cn3ccnc3)CC2)C1.O=C(O)C(F)(F)F. The normalized spacial score (nSPS) is 26.2. The molecule has 2 aliphatic rings. The maximum atomic E-state index is 13.0. The van der Waals surface area contributed by atoms with Crippen molar-refractivity contribution < 1.29 is 41.6 Å². The van der Waals surface area contributed by atoms with Crippen LogP contribution in [0.5, 0.6) is 0 Å². The lowest BCUT2D eigenvalue weighted by atomic mass is 9.94. The smallest absolute Gasteiger partial charge is 0.475 e. The highest BCUT2D eigenvalue weighted by Crippen LogP contribution is 2.32. The van der Waals surface area contributed by atoms with Gasteiger partial charge in [-0.25, -0.2) is 14.0 Å². The molecule has 2 amide bonds. The predicted molar refractivity (Wildman–Crippen MR) is 111 cm³/mol. The maximum Gasteiger partial charge on any atom is 0.490 e. The van der Waals surface area contributed by atoms with Gasteiger partial charge in [0.1, 0.15) is 0 Å². The molecule has 3 rings (SSSR count). The molecule has 0 bridgehead atoms. The second-order valence-electron chi connectivity index (χ2n) is 8.05. The largest absolute Gasteiger partial charge is 0.490 e. The Morgan fingerprint density at radius 2 is 1.91 bits per heavy atom. The van der Waals surface area contributed by atoms with E-state index in [1.165, 1.54) is 0 Å². The molecule has 1 spiro atoms. The van der Waals surface area contributed by atoms with Gasteiger partial charge in [-0.2, -0.15) is 17.5 Å². The predicted octanol–water partition coefficient (Wildman–Crippen LogP) is 1.56. The van der Waals surface area contributed by atoms with E-state index in [4.69, 9.17) is 14.6 Å². The van der Waals surface area contributed by atoms with Crippen LogP contribution >= 0.6 is 0 Å². The summed E-state index contributed by atoms with van der Waals surface area (Å²) >= 11 is 0. The van der Waals surface area contributed by atoms with Crippen LogP contribution < -0.4 is 0 Å². The van der Waals surface area contributed by atoms with Crippen LogP contribution in [0.3, 0.4) is 0 Å². The molecular weight excluding hydrogens is 469 g/mol. The monoisotopic (exact) mass is 496 g/mol. The minimum Gasteiger partial charge on any atom is -0.475 e. The third-order valence-corrected chi connectivity index (χ3v) is 7.61. The van der Waals surface area contributed by atoms with Gasteiger partial charge in [0.25, 0.3) is 5.91 Å². The number of ether oxygens (including phenoxy) is 1. The molecule has 2 saturated heterocycles. The van der Waals surface area contributed by atoms with E-state index in [0.29, 0.717) is 50.6 Å². The number of carbonyl (C=O) groups excluding carboxylic acids is 2. The second kappa shape index (κ2) is 10.6. The quantitative estimate of drug-likeness (QED) is 0.672. The third-order valence-electron chi connectivity index (χ3n) is 5.41. The van der Waals surface area contributed by atoms with Gasteiger partial charge in [-0.1, -0.05) is 6.92 Å². The van der Waals surface area contributed by atoms with Crippen molar-refractivity contribution in [2.75, 3.05) is 31.2 Å². The molecule has 186 valence electrons. The van der Waals surface area contributed by atoms with Crippen LogP contribution in [0.15, 0.2) is 23.1 Å². The van der Waals surface area contributed by atoms with Crippen molar-refractivity contribution in [2.24, 2.45) is 10.3 Å². The number of carboxylic acid groups (broad SMARTS) is 1. The van der Waals surface area contributed by atoms with E-state index in [1.807, 2.05) is 4.57 Å². The van der Waals surface area contributed by atoms with E-state index >= 15 is 0 Å². The van der Waals surface area contributed by atoms with Crippen LogP contribution in [0.25, 0.3) is 0 Å². The maximum absolute atomic E-state index is 13.0. The number of carbonyl (C=O) groups is 3. The van der Waals surface area contributed by atoms with Crippen molar-refractivity contribution in [1.29, 1.82) is 0 Å². The summed E-state index contributed by atoms with van der Waals surface area (Å²) in [6, 6.07) is 0. The number of carboxylic acids is 1. The first-order chi connectivity index (χ1) is 15.3. The van der Waals surface area contributed by atoms with Crippen LogP contribution in [0, 0.1) is 5.92 Å². The zero-order valence-electron chi connectivity index (χ0n) is 18.3. The zero-order chi connectivity index (χ0) is 24.9. The van der Waals surface area contributed by atoms with E-state index in [-0.39, 0.29) is 17.7 Å². The van der Waals surface area contributed by atoms with E-state index in [1.54, 1.807) is 37.5 Å². The van der Waals surface area contributed by atoms with Gasteiger partial charge in [0.2, 0.25) is 5.91 Å². The Bertz CT molecular complexity index is 959. The Kier molecular flexibility index (Phi) is 8.63. The Hall–Kier alpha value is -2.48. The fraction of sp³-hybridized carbons (Fsp3) is 0.684. The first kappa shape index (κ1) is 26.8. The van der Waals surface area contributed by atoms with Crippen molar-refractivity contribution in [1.82, 2.24) is 14.5 Å². The molecule has 1 aromatic rings. The molecule has 0 saturated carbocycles.